The summed E-state index contributed by atoms with van der Waals surface area (Å²) in [5.74, 6) is -0.366. The van der Waals surface area contributed by atoms with Crippen LogP contribution in [0, 0.1) is 27.7 Å². The Morgan fingerprint density at radius 1 is 0.880 bits per heavy atom. The lowest BCUT2D eigenvalue weighted by Crippen LogP contribution is -2.08. The van der Waals surface area contributed by atoms with Gasteiger partial charge in [-0.15, -0.1) is 0 Å². The molecule has 2 rings (SSSR count). The third-order valence-corrected chi connectivity index (χ3v) is 4.74. The van der Waals surface area contributed by atoms with Crippen LogP contribution in [0.4, 0.5) is 0 Å². The molecular weight excluding hydrogens is 316 g/mol. The molecule has 4 heteroatoms. The van der Waals surface area contributed by atoms with Gasteiger partial charge in [0, 0.05) is 0 Å². The van der Waals surface area contributed by atoms with E-state index in [9.17, 15) is 20.1 Å². The molecule has 3 N–H and O–H groups in total. The zero-order chi connectivity index (χ0) is 18.7. The molecule has 0 aliphatic rings. The zero-order valence-corrected chi connectivity index (χ0v) is 15.3. The molecule has 0 saturated heterocycles. The first-order chi connectivity index (χ1) is 11.7. The first kappa shape index (κ1) is 18.8. The Hall–Kier alpha value is -2.49. The van der Waals surface area contributed by atoms with Gasteiger partial charge in [0.2, 0.25) is 0 Å². The molecule has 134 valence electrons. The first-order valence-corrected chi connectivity index (χ1v) is 8.50. The molecule has 2 aromatic rings. The SMILES string of the molecule is Cc1cc(CCC(CC(=O)O)c2cc(C)c(O)c(C)c2)cc(C)c1O. The fourth-order valence-electron chi connectivity index (χ4n) is 3.35. The molecule has 4 nitrogen and oxygen atoms in total. The first-order valence-electron chi connectivity index (χ1n) is 8.50. The summed E-state index contributed by atoms with van der Waals surface area (Å²) in [4.78, 5) is 11.3. The average Bonchev–Trinajstić information content (AvgIpc) is 2.53. The molecule has 0 aliphatic carbocycles. The fraction of sp³-hybridized carbons (Fsp3) is 0.381. The van der Waals surface area contributed by atoms with Gasteiger partial charge in [-0.05, 0) is 79.8 Å². The van der Waals surface area contributed by atoms with Crippen LogP contribution in [0.1, 0.15) is 52.1 Å². The van der Waals surface area contributed by atoms with E-state index in [1.54, 1.807) is 0 Å². The predicted molar refractivity (Wildman–Crippen MR) is 98.5 cm³/mol. The van der Waals surface area contributed by atoms with Gasteiger partial charge in [0.1, 0.15) is 11.5 Å². The van der Waals surface area contributed by atoms with E-state index in [4.69, 9.17) is 0 Å². The molecule has 0 aromatic heterocycles. The summed E-state index contributed by atoms with van der Waals surface area (Å²) in [6.07, 6.45) is 1.48. The van der Waals surface area contributed by atoms with Gasteiger partial charge in [0.25, 0.3) is 0 Å². The van der Waals surface area contributed by atoms with Crippen molar-refractivity contribution >= 4 is 5.97 Å². The van der Waals surface area contributed by atoms with Crippen LogP contribution >= 0.6 is 0 Å². The Bertz CT molecular complexity index is 746. The maximum atomic E-state index is 11.3. The van der Waals surface area contributed by atoms with Crippen molar-refractivity contribution in [2.45, 2.75) is 52.9 Å². The summed E-state index contributed by atoms with van der Waals surface area (Å²) in [6, 6.07) is 7.66. The standard InChI is InChI=1S/C21H26O4/c1-12-7-16(8-13(2)20(12)24)5-6-17(11-19(22)23)18-9-14(3)21(25)15(4)10-18/h7-10,17,24-25H,5-6,11H2,1-4H3,(H,22,23). The number of rotatable bonds is 6. The van der Waals surface area contributed by atoms with E-state index < -0.39 is 5.97 Å². The van der Waals surface area contributed by atoms with E-state index in [2.05, 4.69) is 0 Å². The summed E-state index contributed by atoms with van der Waals surface area (Å²) in [6.45, 7) is 7.40. The summed E-state index contributed by atoms with van der Waals surface area (Å²) in [7, 11) is 0. The normalized spacial score (nSPS) is 12.2. The molecule has 1 atom stereocenters. The Balaban J connectivity index is 2.26. The fourth-order valence-corrected chi connectivity index (χ4v) is 3.35. The third kappa shape index (κ3) is 4.53. The van der Waals surface area contributed by atoms with Gasteiger partial charge < -0.3 is 15.3 Å². The van der Waals surface area contributed by atoms with Crippen LogP contribution in [0.15, 0.2) is 24.3 Å². The summed E-state index contributed by atoms with van der Waals surface area (Å²) < 4.78 is 0. The van der Waals surface area contributed by atoms with Gasteiger partial charge in [-0.3, -0.25) is 4.79 Å². The monoisotopic (exact) mass is 342 g/mol. The van der Waals surface area contributed by atoms with Gasteiger partial charge in [-0.1, -0.05) is 24.3 Å². The molecular formula is C21H26O4. The highest BCUT2D eigenvalue weighted by Gasteiger charge is 2.18. The van der Waals surface area contributed by atoms with Gasteiger partial charge in [-0.25, -0.2) is 0 Å². The third-order valence-electron chi connectivity index (χ3n) is 4.74. The number of phenols is 2. The quantitative estimate of drug-likeness (QED) is 0.721. The van der Waals surface area contributed by atoms with Crippen molar-refractivity contribution in [2.24, 2.45) is 0 Å². The molecule has 1 unspecified atom stereocenters. The Morgan fingerprint density at radius 3 is 1.76 bits per heavy atom. The van der Waals surface area contributed by atoms with Crippen LogP contribution in [0.3, 0.4) is 0 Å². The highest BCUT2D eigenvalue weighted by atomic mass is 16.4. The van der Waals surface area contributed by atoms with Gasteiger partial charge in [0.05, 0.1) is 6.42 Å². The highest BCUT2D eigenvalue weighted by molar-refractivity contribution is 5.68. The van der Waals surface area contributed by atoms with Crippen molar-refractivity contribution in [3.8, 4) is 11.5 Å². The van der Waals surface area contributed by atoms with Crippen LogP contribution in [0.2, 0.25) is 0 Å². The summed E-state index contributed by atoms with van der Waals surface area (Å²) >= 11 is 0. The molecule has 0 radical (unpaired) electrons. The second-order valence-corrected chi connectivity index (χ2v) is 6.91. The van der Waals surface area contributed by atoms with E-state index in [1.807, 2.05) is 52.0 Å². The number of benzene rings is 2. The number of carboxylic acids is 1. The Kier molecular flexibility index (Phi) is 5.73. The van der Waals surface area contributed by atoms with Crippen LogP contribution in [0.25, 0.3) is 0 Å². The van der Waals surface area contributed by atoms with Crippen LogP contribution in [0.5, 0.6) is 11.5 Å². The van der Waals surface area contributed by atoms with Crippen molar-refractivity contribution in [1.29, 1.82) is 0 Å². The lowest BCUT2D eigenvalue weighted by molar-refractivity contribution is -0.137. The van der Waals surface area contributed by atoms with Crippen LogP contribution in [-0.2, 0) is 11.2 Å². The van der Waals surface area contributed by atoms with Crippen LogP contribution in [-0.4, -0.2) is 21.3 Å². The molecule has 0 bridgehead atoms. The highest BCUT2D eigenvalue weighted by Crippen LogP contribution is 2.32. The van der Waals surface area contributed by atoms with Crippen molar-refractivity contribution in [1.82, 2.24) is 0 Å². The van der Waals surface area contributed by atoms with Crippen molar-refractivity contribution < 1.29 is 20.1 Å². The maximum absolute atomic E-state index is 11.3. The molecule has 0 aliphatic heterocycles. The minimum atomic E-state index is -0.827. The number of aromatic hydroxyl groups is 2. The molecule has 0 spiro atoms. The summed E-state index contributed by atoms with van der Waals surface area (Å²) in [5, 5.41) is 29.1. The van der Waals surface area contributed by atoms with E-state index >= 15 is 0 Å². The van der Waals surface area contributed by atoms with E-state index in [-0.39, 0.29) is 18.1 Å². The molecule has 25 heavy (non-hydrogen) atoms. The largest absolute Gasteiger partial charge is 0.507 e. The number of hydrogen-bond acceptors (Lipinski definition) is 3. The maximum Gasteiger partial charge on any atom is 0.303 e. The topological polar surface area (TPSA) is 77.8 Å². The minimum absolute atomic E-state index is 0.0553. The molecule has 0 fully saturated rings. The molecule has 0 saturated carbocycles. The Labute approximate surface area is 148 Å². The lowest BCUT2D eigenvalue weighted by atomic mass is 9.87. The van der Waals surface area contributed by atoms with Crippen molar-refractivity contribution in [3.05, 3.63) is 57.6 Å². The number of phenolic OH excluding ortho intramolecular Hbond substituents is 2. The zero-order valence-electron chi connectivity index (χ0n) is 15.3. The number of aryl methyl sites for hydroxylation is 5. The van der Waals surface area contributed by atoms with Gasteiger partial charge in [-0.2, -0.15) is 0 Å². The number of carbonyl (C=O) groups is 1. The number of hydrogen-bond donors (Lipinski definition) is 3. The summed E-state index contributed by atoms with van der Waals surface area (Å²) in [5.41, 5.74) is 5.24. The van der Waals surface area contributed by atoms with E-state index in [0.29, 0.717) is 12.2 Å². The Morgan fingerprint density at radius 2 is 1.32 bits per heavy atom. The second kappa shape index (κ2) is 7.60. The molecule has 2 aromatic carbocycles. The number of carboxylic acid groups (broad SMARTS) is 1. The second-order valence-electron chi connectivity index (χ2n) is 6.91. The number of aliphatic carboxylic acids is 1. The van der Waals surface area contributed by atoms with E-state index in [1.165, 1.54) is 0 Å². The lowest BCUT2D eigenvalue weighted by Gasteiger charge is -2.18. The van der Waals surface area contributed by atoms with Crippen molar-refractivity contribution in [3.63, 3.8) is 0 Å². The van der Waals surface area contributed by atoms with E-state index in [0.717, 1.165) is 39.8 Å². The van der Waals surface area contributed by atoms with Crippen LogP contribution < -0.4 is 0 Å². The average molecular weight is 342 g/mol. The van der Waals surface area contributed by atoms with Gasteiger partial charge in [0.15, 0.2) is 0 Å². The minimum Gasteiger partial charge on any atom is -0.507 e. The molecule has 0 amide bonds. The molecule has 0 heterocycles. The predicted octanol–water partition coefficient (Wildman–Crippen LogP) is 4.52. The van der Waals surface area contributed by atoms with Crippen molar-refractivity contribution in [2.75, 3.05) is 0 Å². The smallest absolute Gasteiger partial charge is 0.303 e. The van der Waals surface area contributed by atoms with Gasteiger partial charge >= 0.3 is 5.97 Å².